The Morgan fingerprint density at radius 1 is 1.46 bits per heavy atom. The number of carboxylic acid groups (broad SMARTS) is 1. The molecule has 126 valence electrons. The summed E-state index contributed by atoms with van der Waals surface area (Å²) in [5.41, 5.74) is 0.760. The highest BCUT2D eigenvalue weighted by atomic mass is 16.6. The molecule has 3 rings (SSSR count). The highest BCUT2D eigenvalue weighted by molar-refractivity contribution is 5.98. The second-order valence-electron chi connectivity index (χ2n) is 5.82. The number of fused-ring (bicyclic) bond motifs is 1. The summed E-state index contributed by atoms with van der Waals surface area (Å²) in [5.74, 6) is -0.709. The van der Waals surface area contributed by atoms with Crippen molar-refractivity contribution in [3.63, 3.8) is 0 Å². The molecule has 0 radical (unpaired) electrons. The Morgan fingerprint density at radius 3 is 2.88 bits per heavy atom. The second kappa shape index (κ2) is 6.31. The number of para-hydroxylation sites is 1. The number of anilines is 1. The molecule has 1 saturated carbocycles. The molecule has 1 aromatic heterocycles. The molecule has 2 aromatic rings. The van der Waals surface area contributed by atoms with Crippen LogP contribution in [0.5, 0.6) is 5.75 Å². The number of carboxylic acids is 1. The summed E-state index contributed by atoms with van der Waals surface area (Å²) in [5, 5.41) is 24.2. The lowest BCUT2D eigenvalue weighted by molar-refractivity contribution is -0.384. The molecule has 1 fully saturated rings. The summed E-state index contributed by atoms with van der Waals surface area (Å²) >= 11 is 0. The van der Waals surface area contributed by atoms with Crippen molar-refractivity contribution < 1.29 is 19.6 Å². The second-order valence-corrected chi connectivity index (χ2v) is 5.82. The van der Waals surface area contributed by atoms with Crippen molar-refractivity contribution in [1.29, 1.82) is 0 Å². The van der Waals surface area contributed by atoms with Gasteiger partial charge >= 0.3 is 11.7 Å². The predicted molar refractivity (Wildman–Crippen MR) is 87.3 cm³/mol. The molecule has 1 heterocycles. The average molecular weight is 331 g/mol. The molecular formula is C16H17N3O5. The summed E-state index contributed by atoms with van der Waals surface area (Å²) in [6, 6.07) is 5.10. The van der Waals surface area contributed by atoms with Gasteiger partial charge in [-0.3, -0.25) is 14.9 Å². The summed E-state index contributed by atoms with van der Waals surface area (Å²) in [4.78, 5) is 26.1. The van der Waals surface area contributed by atoms with E-state index >= 15 is 0 Å². The van der Waals surface area contributed by atoms with E-state index in [2.05, 4.69) is 10.3 Å². The molecule has 0 amide bonds. The molecule has 24 heavy (non-hydrogen) atoms. The quantitative estimate of drug-likeness (QED) is 0.639. The minimum absolute atomic E-state index is 0.124. The summed E-state index contributed by atoms with van der Waals surface area (Å²) < 4.78 is 5.26. The van der Waals surface area contributed by atoms with Gasteiger partial charge in [0, 0.05) is 11.4 Å². The Kier molecular flexibility index (Phi) is 4.20. The van der Waals surface area contributed by atoms with Crippen molar-refractivity contribution in [2.45, 2.75) is 25.3 Å². The van der Waals surface area contributed by atoms with E-state index in [0.717, 1.165) is 0 Å². The molecule has 1 aliphatic carbocycles. The number of pyridine rings is 1. The van der Waals surface area contributed by atoms with E-state index in [0.29, 0.717) is 41.6 Å². The van der Waals surface area contributed by atoms with Gasteiger partial charge < -0.3 is 15.2 Å². The predicted octanol–water partition coefficient (Wildman–Crippen LogP) is 2.82. The van der Waals surface area contributed by atoms with E-state index in [9.17, 15) is 14.9 Å². The number of hydrogen-bond donors (Lipinski definition) is 2. The number of carbonyl (C=O) groups is 1. The number of hydrogen-bond acceptors (Lipinski definition) is 6. The molecule has 0 bridgehead atoms. The summed E-state index contributed by atoms with van der Waals surface area (Å²) in [7, 11) is 1.51. The average Bonchev–Trinajstić information content (AvgIpc) is 3.03. The number of nitrogens with one attached hydrogen (secondary N) is 1. The zero-order chi connectivity index (χ0) is 17.3. The number of nitrogens with zero attached hydrogens (tertiary/aromatic N) is 2. The molecule has 2 atom stereocenters. The van der Waals surface area contributed by atoms with Crippen molar-refractivity contribution in [3.8, 4) is 5.75 Å². The van der Waals surface area contributed by atoms with E-state index in [-0.39, 0.29) is 11.7 Å². The Balaban J connectivity index is 2.03. The minimum Gasteiger partial charge on any atom is -0.494 e. The van der Waals surface area contributed by atoms with Gasteiger partial charge in [0.2, 0.25) is 0 Å². The van der Waals surface area contributed by atoms with Crippen molar-refractivity contribution in [3.05, 3.63) is 34.5 Å². The summed E-state index contributed by atoms with van der Waals surface area (Å²) in [6.45, 7) is 0. The summed E-state index contributed by atoms with van der Waals surface area (Å²) in [6.07, 6.45) is 2.87. The Bertz CT molecular complexity index is 808. The Hall–Kier alpha value is -2.90. The van der Waals surface area contributed by atoms with Crippen LogP contribution < -0.4 is 10.1 Å². The SMILES string of the molecule is COc1cccc2c(NC3CCC(C(=O)O)C3)c([N+](=O)[O-])cnc12. The number of aromatic nitrogens is 1. The first kappa shape index (κ1) is 16.0. The van der Waals surface area contributed by atoms with Crippen LogP contribution in [0.2, 0.25) is 0 Å². The number of nitro groups is 1. The van der Waals surface area contributed by atoms with Crippen LogP contribution in [0, 0.1) is 16.0 Å². The first-order valence-electron chi connectivity index (χ1n) is 7.60. The Morgan fingerprint density at radius 2 is 2.25 bits per heavy atom. The third kappa shape index (κ3) is 2.82. The lowest BCUT2D eigenvalue weighted by Gasteiger charge is -2.16. The van der Waals surface area contributed by atoms with E-state index in [1.807, 2.05) is 0 Å². The van der Waals surface area contributed by atoms with Gasteiger partial charge in [-0.25, -0.2) is 4.98 Å². The van der Waals surface area contributed by atoms with Gasteiger partial charge in [0.25, 0.3) is 0 Å². The first-order valence-corrected chi connectivity index (χ1v) is 7.60. The van der Waals surface area contributed by atoms with Gasteiger partial charge in [-0.1, -0.05) is 12.1 Å². The lowest BCUT2D eigenvalue weighted by Crippen LogP contribution is -2.19. The third-order valence-corrected chi connectivity index (χ3v) is 4.39. The molecule has 0 aliphatic heterocycles. The minimum atomic E-state index is -0.824. The third-order valence-electron chi connectivity index (χ3n) is 4.39. The topological polar surface area (TPSA) is 115 Å². The number of benzene rings is 1. The van der Waals surface area contributed by atoms with Crippen LogP contribution in [0.15, 0.2) is 24.4 Å². The normalized spacial score (nSPS) is 20.0. The largest absolute Gasteiger partial charge is 0.494 e. The van der Waals surface area contributed by atoms with Gasteiger partial charge in [0.05, 0.1) is 18.0 Å². The molecule has 8 nitrogen and oxygen atoms in total. The molecule has 1 aliphatic rings. The molecule has 2 unspecified atom stereocenters. The van der Waals surface area contributed by atoms with Gasteiger partial charge in [-0.15, -0.1) is 0 Å². The van der Waals surface area contributed by atoms with Crippen molar-refractivity contribution >= 4 is 28.2 Å². The van der Waals surface area contributed by atoms with Crippen LogP contribution in [0.25, 0.3) is 10.9 Å². The lowest BCUT2D eigenvalue weighted by atomic mass is 10.1. The van der Waals surface area contributed by atoms with E-state index < -0.39 is 16.8 Å². The van der Waals surface area contributed by atoms with E-state index in [4.69, 9.17) is 9.84 Å². The maximum atomic E-state index is 11.4. The maximum Gasteiger partial charge on any atom is 0.311 e. The smallest absolute Gasteiger partial charge is 0.311 e. The van der Waals surface area contributed by atoms with Gasteiger partial charge in [0.1, 0.15) is 23.2 Å². The molecule has 2 N–H and O–H groups in total. The monoisotopic (exact) mass is 331 g/mol. The van der Waals surface area contributed by atoms with Crippen LogP contribution in [0.1, 0.15) is 19.3 Å². The van der Waals surface area contributed by atoms with Crippen molar-refractivity contribution in [1.82, 2.24) is 4.98 Å². The van der Waals surface area contributed by atoms with E-state index in [1.54, 1.807) is 18.2 Å². The van der Waals surface area contributed by atoms with Crippen molar-refractivity contribution in [2.24, 2.45) is 5.92 Å². The molecular weight excluding hydrogens is 314 g/mol. The first-order chi connectivity index (χ1) is 11.5. The zero-order valence-corrected chi connectivity index (χ0v) is 13.1. The standard InChI is InChI=1S/C16H17N3O5/c1-24-13-4-2-3-11-14(12(19(22)23)8-17-15(11)13)18-10-6-5-9(7-10)16(20)21/h2-4,8-10H,5-7H2,1H3,(H,17,18)(H,20,21). The molecule has 1 aromatic carbocycles. The van der Waals surface area contributed by atoms with Crippen LogP contribution in [0.4, 0.5) is 11.4 Å². The number of methoxy groups -OCH3 is 1. The molecule has 0 saturated heterocycles. The van der Waals surface area contributed by atoms with Gasteiger partial charge in [-0.05, 0) is 25.3 Å². The Labute approximate surface area is 137 Å². The van der Waals surface area contributed by atoms with Crippen molar-refractivity contribution in [2.75, 3.05) is 12.4 Å². The van der Waals surface area contributed by atoms with E-state index in [1.165, 1.54) is 13.3 Å². The van der Waals surface area contributed by atoms with Crippen LogP contribution in [0.3, 0.4) is 0 Å². The number of rotatable bonds is 5. The van der Waals surface area contributed by atoms with Crippen LogP contribution in [-0.4, -0.2) is 34.1 Å². The highest BCUT2D eigenvalue weighted by Crippen LogP contribution is 2.38. The number of aliphatic carboxylic acids is 1. The zero-order valence-electron chi connectivity index (χ0n) is 13.1. The fourth-order valence-corrected chi connectivity index (χ4v) is 3.18. The van der Waals surface area contributed by atoms with Crippen LogP contribution >= 0.6 is 0 Å². The molecule has 8 heteroatoms. The molecule has 0 spiro atoms. The number of ether oxygens (including phenoxy) is 1. The van der Waals surface area contributed by atoms with Gasteiger partial charge in [0.15, 0.2) is 0 Å². The fourth-order valence-electron chi connectivity index (χ4n) is 3.18. The highest BCUT2D eigenvalue weighted by Gasteiger charge is 2.31. The van der Waals surface area contributed by atoms with Crippen LogP contribution in [-0.2, 0) is 4.79 Å². The van der Waals surface area contributed by atoms with Gasteiger partial charge in [-0.2, -0.15) is 0 Å². The fraction of sp³-hybridized carbons (Fsp3) is 0.375. The maximum absolute atomic E-state index is 11.4.